The molecular weight excluding hydrogens is 190 g/mol. The largest absolute Gasteiger partial charge is 0.382 e. The number of nitrogens with one attached hydrogen (secondary N) is 1. The Labute approximate surface area is 94.5 Å². The van der Waals surface area contributed by atoms with E-state index in [1.54, 1.807) is 7.11 Å². The fourth-order valence-corrected chi connectivity index (χ4v) is 1.50. The van der Waals surface area contributed by atoms with Crippen molar-refractivity contribution in [2.24, 2.45) is 5.92 Å². The van der Waals surface area contributed by atoms with Crippen LogP contribution in [0.25, 0.3) is 0 Å². The third kappa shape index (κ3) is 10.2. The van der Waals surface area contributed by atoms with Crippen molar-refractivity contribution >= 4 is 0 Å². The number of methoxy groups -OCH3 is 1. The lowest BCUT2D eigenvalue weighted by molar-refractivity contribution is 0.0557. The zero-order valence-electron chi connectivity index (χ0n) is 10.7. The Kier molecular flexibility index (Phi) is 10.3. The minimum atomic E-state index is 0.488. The van der Waals surface area contributed by atoms with Gasteiger partial charge in [-0.15, -0.1) is 0 Å². The monoisotopic (exact) mass is 217 g/mol. The molecule has 0 amide bonds. The maximum Gasteiger partial charge on any atom is 0.0701 e. The molecule has 0 saturated carbocycles. The Bertz CT molecular complexity index is 129. The highest BCUT2D eigenvalue weighted by molar-refractivity contribution is 4.67. The van der Waals surface area contributed by atoms with Gasteiger partial charge in [0, 0.05) is 13.2 Å². The van der Waals surface area contributed by atoms with Crippen molar-refractivity contribution in [2.45, 2.75) is 39.7 Å². The Balaban J connectivity index is 3.59. The van der Waals surface area contributed by atoms with Crippen LogP contribution in [0.2, 0.25) is 0 Å². The normalized spacial score (nSPS) is 13.4. The van der Waals surface area contributed by atoms with Crippen LogP contribution in [-0.2, 0) is 9.47 Å². The average Bonchev–Trinajstić information content (AvgIpc) is 2.19. The van der Waals surface area contributed by atoms with Crippen LogP contribution in [0.1, 0.15) is 33.6 Å². The van der Waals surface area contributed by atoms with Crippen molar-refractivity contribution in [3.63, 3.8) is 0 Å². The van der Waals surface area contributed by atoms with Crippen LogP contribution in [0.15, 0.2) is 0 Å². The molecule has 0 spiro atoms. The van der Waals surface area contributed by atoms with E-state index in [1.807, 2.05) is 0 Å². The maximum atomic E-state index is 5.55. The van der Waals surface area contributed by atoms with Crippen LogP contribution in [0.5, 0.6) is 0 Å². The summed E-state index contributed by atoms with van der Waals surface area (Å²) in [6, 6.07) is 0.488. The third-order valence-corrected chi connectivity index (χ3v) is 2.19. The molecule has 0 aromatic heterocycles. The van der Waals surface area contributed by atoms with E-state index in [2.05, 4.69) is 26.1 Å². The smallest absolute Gasteiger partial charge is 0.0701 e. The van der Waals surface area contributed by atoms with Crippen LogP contribution in [0, 0.1) is 5.92 Å². The van der Waals surface area contributed by atoms with Crippen molar-refractivity contribution in [1.82, 2.24) is 5.32 Å². The molecule has 0 aliphatic rings. The molecule has 0 radical (unpaired) electrons. The zero-order chi connectivity index (χ0) is 11.5. The first-order chi connectivity index (χ1) is 7.20. The van der Waals surface area contributed by atoms with Gasteiger partial charge in [0.2, 0.25) is 0 Å². The summed E-state index contributed by atoms with van der Waals surface area (Å²) in [5.41, 5.74) is 0. The molecule has 15 heavy (non-hydrogen) atoms. The fraction of sp³-hybridized carbons (Fsp3) is 1.00. The number of ether oxygens (including phenoxy) is 2. The Hall–Kier alpha value is -0.120. The van der Waals surface area contributed by atoms with E-state index >= 15 is 0 Å². The highest BCUT2D eigenvalue weighted by atomic mass is 16.5. The molecule has 0 aliphatic heterocycles. The summed E-state index contributed by atoms with van der Waals surface area (Å²) in [5.74, 6) is 0.713. The third-order valence-electron chi connectivity index (χ3n) is 2.19. The molecule has 0 aromatic carbocycles. The average molecular weight is 217 g/mol. The maximum absolute atomic E-state index is 5.55. The minimum Gasteiger partial charge on any atom is -0.382 e. The second-order valence-corrected chi connectivity index (χ2v) is 4.35. The van der Waals surface area contributed by atoms with Gasteiger partial charge in [-0.05, 0) is 25.3 Å². The van der Waals surface area contributed by atoms with Crippen molar-refractivity contribution in [2.75, 3.05) is 33.5 Å². The first-order valence-electron chi connectivity index (χ1n) is 6.00. The Morgan fingerprint density at radius 3 is 2.47 bits per heavy atom. The van der Waals surface area contributed by atoms with Gasteiger partial charge in [0.15, 0.2) is 0 Å². The highest BCUT2D eigenvalue weighted by Gasteiger charge is 2.09. The first kappa shape index (κ1) is 14.9. The summed E-state index contributed by atoms with van der Waals surface area (Å²) in [7, 11) is 1.70. The molecule has 92 valence electrons. The quantitative estimate of drug-likeness (QED) is 0.568. The van der Waals surface area contributed by atoms with E-state index in [1.165, 1.54) is 12.8 Å². The van der Waals surface area contributed by atoms with Gasteiger partial charge in [0.05, 0.1) is 19.8 Å². The molecule has 0 aromatic rings. The van der Waals surface area contributed by atoms with Crippen LogP contribution < -0.4 is 5.32 Å². The summed E-state index contributed by atoms with van der Waals surface area (Å²) >= 11 is 0. The van der Waals surface area contributed by atoms with E-state index in [9.17, 15) is 0 Å². The van der Waals surface area contributed by atoms with Gasteiger partial charge < -0.3 is 14.8 Å². The van der Waals surface area contributed by atoms with Crippen molar-refractivity contribution < 1.29 is 9.47 Å². The lowest BCUT2D eigenvalue weighted by atomic mass is 10.0. The van der Waals surface area contributed by atoms with Gasteiger partial charge in [-0.3, -0.25) is 0 Å². The molecular formula is C12H27NO2. The molecule has 0 aliphatic carbocycles. The lowest BCUT2D eigenvalue weighted by Gasteiger charge is -2.20. The summed E-state index contributed by atoms with van der Waals surface area (Å²) < 4.78 is 10.5. The standard InChI is InChI=1S/C12H27NO2/c1-5-6-13-12(9-11(2)3)10-15-8-7-14-4/h11-13H,5-10H2,1-4H3. The van der Waals surface area contributed by atoms with Crippen molar-refractivity contribution in [1.29, 1.82) is 0 Å². The van der Waals surface area contributed by atoms with Crippen molar-refractivity contribution in [3.8, 4) is 0 Å². The van der Waals surface area contributed by atoms with Gasteiger partial charge in [-0.25, -0.2) is 0 Å². The van der Waals surface area contributed by atoms with Crippen molar-refractivity contribution in [3.05, 3.63) is 0 Å². The zero-order valence-corrected chi connectivity index (χ0v) is 10.7. The van der Waals surface area contributed by atoms with Gasteiger partial charge in [0.1, 0.15) is 0 Å². The molecule has 0 saturated heterocycles. The molecule has 0 heterocycles. The van der Waals surface area contributed by atoms with E-state index in [0.29, 0.717) is 25.2 Å². The van der Waals surface area contributed by atoms with E-state index in [4.69, 9.17) is 9.47 Å². The minimum absolute atomic E-state index is 0.488. The van der Waals surface area contributed by atoms with Crippen LogP contribution in [0.3, 0.4) is 0 Å². The van der Waals surface area contributed by atoms with E-state index in [0.717, 1.165) is 13.2 Å². The summed E-state index contributed by atoms with van der Waals surface area (Å²) in [6.45, 7) is 9.92. The Morgan fingerprint density at radius 1 is 1.20 bits per heavy atom. The summed E-state index contributed by atoms with van der Waals surface area (Å²) in [5, 5.41) is 3.51. The molecule has 1 unspecified atom stereocenters. The molecule has 0 bridgehead atoms. The number of hydrogen-bond acceptors (Lipinski definition) is 3. The van der Waals surface area contributed by atoms with Gasteiger partial charge in [0.25, 0.3) is 0 Å². The molecule has 3 heteroatoms. The lowest BCUT2D eigenvalue weighted by Crippen LogP contribution is -2.35. The predicted molar refractivity (Wildman–Crippen MR) is 64.2 cm³/mol. The molecule has 0 rings (SSSR count). The SMILES string of the molecule is CCCNC(COCCOC)CC(C)C. The Morgan fingerprint density at radius 2 is 1.93 bits per heavy atom. The molecule has 0 fully saturated rings. The van der Waals surface area contributed by atoms with Crippen LogP contribution >= 0.6 is 0 Å². The second kappa shape index (κ2) is 10.4. The summed E-state index contributed by atoms with van der Waals surface area (Å²) in [6.07, 6.45) is 2.35. The first-order valence-corrected chi connectivity index (χ1v) is 6.00. The molecule has 1 N–H and O–H groups in total. The predicted octanol–water partition coefficient (Wildman–Crippen LogP) is 2.06. The number of rotatable bonds is 10. The molecule has 1 atom stereocenters. The van der Waals surface area contributed by atoms with Gasteiger partial charge in [-0.2, -0.15) is 0 Å². The summed E-state index contributed by atoms with van der Waals surface area (Å²) in [4.78, 5) is 0. The van der Waals surface area contributed by atoms with Gasteiger partial charge >= 0.3 is 0 Å². The second-order valence-electron chi connectivity index (χ2n) is 4.35. The topological polar surface area (TPSA) is 30.5 Å². The van der Waals surface area contributed by atoms with Gasteiger partial charge in [-0.1, -0.05) is 20.8 Å². The fourth-order valence-electron chi connectivity index (χ4n) is 1.50. The van der Waals surface area contributed by atoms with E-state index < -0.39 is 0 Å². The molecule has 3 nitrogen and oxygen atoms in total. The number of hydrogen-bond donors (Lipinski definition) is 1. The van der Waals surface area contributed by atoms with Crippen LogP contribution in [-0.4, -0.2) is 39.5 Å². The van der Waals surface area contributed by atoms with Crippen LogP contribution in [0.4, 0.5) is 0 Å². The highest BCUT2D eigenvalue weighted by Crippen LogP contribution is 2.05. The van der Waals surface area contributed by atoms with E-state index in [-0.39, 0.29) is 0 Å².